The molecule has 0 atom stereocenters. The van der Waals surface area contributed by atoms with E-state index >= 15 is 0 Å². The van der Waals surface area contributed by atoms with Crippen molar-refractivity contribution in [2.24, 2.45) is 0 Å². The number of nitrogens with one attached hydrogen (secondary N) is 1. The first kappa shape index (κ1) is 17.7. The molecule has 0 spiro atoms. The van der Waals surface area contributed by atoms with Gasteiger partial charge in [-0.15, -0.1) is 22.7 Å². The van der Waals surface area contributed by atoms with Gasteiger partial charge in [-0.05, 0) is 42.5 Å². The average molecular weight is 419 g/mol. The fourth-order valence-corrected chi connectivity index (χ4v) is 5.11. The minimum absolute atomic E-state index is 0.271. The number of hydrogen-bond acceptors (Lipinski definition) is 6. The molecule has 0 saturated carbocycles. The first-order valence-electron chi connectivity index (χ1n) is 8.75. The molecule has 0 unspecified atom stereocenters. The van der Waals surface area contributed by atoms with Crippen molar-refractivity contribution in [3.05, 3.63) is 70.6 Å². The molecule has 2 aromatic carbocycles. The molecule has 6 nitrogen and oxygen atoms in total. The fourth-order valence-electron chi connectivity index (χ4n) is 3.18. The van der Waals surface area contributed by atoms with Crippen molar-refractivity contribution in [3.63, 3.8) is 0 Å². The molecule has 0 radical (unpaired) electrons. The van der Waals surface area contributed by atoms with Gasteiger partial charge in [0.15, 0.2) is 0 Å². The summed E-state index contributed by atoms with van der Waals surface area (Å²) in [5, 5.41) is 3.68. The van der Waals surface area contributed by atoms with E-state index in [9.17, 15) is 14.4 Å². The van der Waals surface area contributed by atoms with Crippen LogP contribution in [0.5, 0.6) is 0 Å². The number of aromatic nitrogens is 1. The largest absolute Gasteiger partial charge is 0.321 e. The number of hydrogen-bond donors (Lipinski definition) is 1. The smallest absolute Gasteiger partial charge is 0.265 e. The van der Waals surface area contributed by atoms with Crippen LogP contribution in [0.25, 0.3) is 20.1 Å². The number of fused-ring (bicyclic) bond motifs is 2. The molecule has 4 aromatic rings. The zero-order chi connectivity index (χ0) is 20.1. The van der Waals surface area contributed by atoms with Gasteiger partial charge < -0.3 is 5.32 Å². The normalized spacial score (nSPS) is 13.2. The predicted molar refractivity (Wildman–Crippen MR) is 114 cm³/mol. The molecule has 3 amide bonds. The Morgan fingerprint density at radius 2 is 1.76 bits per heavy atom. The highest BCUT2D eigenvalue weighted by Gasteiger charge is 2.32. The van der Waals surface area contributed by atoms with Crippen LogP contribution in [-0.4, -0.2) is 34.7 Å². The average Bonchev–Trinajstić information content (AvgIpc) is 3.42. The summed E-state index contributed by atoms with van der Waals surface area (Å²) >= 11 is 2.95. The molecule has 142 valence electrons. The second kappa shape index (κ2) is 6.61. The van der Waals surface area contributed by atoms with Gasteiger partial charge in [0.05, 0.1) is 31.1 Å². The van der Waals surface area contributed by atoms with Crippen molar-refractivity contribution >= 4 is 56.3 Å². The third kappa shape index (κ3) is 2.93. The van der Waals surface area contributed by atoms with Crippen LogP contribution >= 0.6 is 22.7 Å². The van der Waals surface area contributed by atoms with E-state index in [4.69, 9.17) is 0 Å². The summed E-state index contributed by atoms with van der Waals surface area (Å²) in [7, 11) is 1.44. The number of rotatable bonds is 3. The van der Waals surface area contributed by atoms with Gasteiger partial charge in [0.1, 0.15) is 5.01 Å². The summed E-state index contributed by atoms with van der Waals surface area (Å²) in [6, 6.07) is 16.3. The third-order valence-electron chi connectivity index (χ3n) is 4.68. The summed E-state index contributed by atoms with van der Waals surface area (Å²) in [6.07, 6.45) is 0. The number of para-hydroxylation sites is 1. The Bertz CT molecular complexity index is 1290. The van der Waals surface area contributed by atoms with E-state index in [1.807, 2.05) is 30.3 Å². The minimum Gasteiger partial charge on any atom is -0.321 e. The molecule has 5 rings (SSSR count). The molecule has 0 aliphatic carbocycles. The summed E-state index contributed by atoms with van der Waals surface area (Å²) in [5.74, 6) is -0.968. The molecule has 3 heterocycles. The molecule has 1 aliphatic rings. The van der Waals surface area contributed by atoms with Gasteiger partial charge in [0.2, 0.25) is 0 Å². The first-order chi connectivity index (χ1) is 14.0. The quantitative estimate of drug-likeness (QED) is 0.496. The molecule has 0 fully saturated rings. The predicted octanol–water partition coefficient (Wildman–Crippen LogP) is 4.50. The Labute approximate surface area is 173 Å². The van der Waals surface area contributed by atoms with Crippen LogP contribution < -0.4 is 5.32 Å². The number of thiazole rings is 1. The lowest BCUT2D eigenvalue weighted by molar-refractivity contribution is 0.0692. The van der Waals surface area contributed by atoms with Gasteiger partial charge >= 0.3 is 0 Å². The maximum atomic E-state index is 12.7. The molecular formula is C21H13N3O3S2. The summed E-state index contributed by atoms with van der Waals surface area (Å²) in [4.78, 5) is 43.9. The van der Waals surface area contributed by atoms with Gasteiger partial charge in [0, 0.05) is 12.7 Å². The Morgan fingerprint density at radius 3 is 2.59 bits per heavy atom. The molecule has 1 N–H and O–H groups in total. The molecular weight excluding hydrogens is 406 g/mol. The van der Waals surface area contributed by atoms with Crippen LogP contribution in [0.1, 0.15) is 30.4 Å². The van der Waals surface area contributed by atoms with Gasteiger partial charge in [-0.3, -0.25) is 19.3 Å². The van der Waals surface area contributed by atoms with E-state index in [0.717, 1.165) is 25.0 Å². The topological polar surface area (TPSA) is 79.4 Å². The van der Waals surface area contributed by atoms with Crippen molar-refractivity contribution < 1.29 is 14.4 Å². The van der Waals surface area contributed by atoms with Crippen LogP contribution in [-0.2, 0) is 0 Å². The second-order valence-electron chi connectivity index (χ2n) is 6.53. The lowest BCUT2D eigenvalue weighted by atomic mass is 10.1. The number of benzene rings is 2. The number of carbonyl (C=O) groups is 3. The molecule has 0 bridgehead atoms. The Kier molecular flexibility index (Phi) is 4.04. The fraction of sp³-hybridized carbons (Fsp3) is 0.0476. The second-order valence-corrected chi connectivity index (χ2v) is 8.65. The highest BCUT2D eigenvalue weighted by atomic mass is 32.1. The highest BCUT2D eigenvalue weighted by molar-refractivity contribution is 7.26. The molecule has 8 heteroatoms. The van der Waals surface area contributed by atoms with Crippen LogP contribution in [0.2, 0.25) is 0 Å². The summed E-state index contributed by atoms with van der Waals surface area (Å²) < 4.78 is 1.10. The van der Waals surface area contributed by atoms with E-state index in [1.54, 1.807) is 35.6 Å². The number of anilines is 1. The number of carbonyl (C=O) groups excluding carboxylic acids is 3. The zero-order valence-corrected chi connectivity index (χ0v) is 16.8. The molecule has 0 saturated heterocycles. The van der Waals surface area contributed by atoms with E-state index in [-0.39, 0.29) is 17.7 Å². The van der Waals surface area contributed by atoms with Crippen LogP contribution in [0, 0.1) is 0 Å². The van der Waals surface area contributed by atoms with Crippen molar-refractivity contribution in [3.8, 4) is 9.88 Å². The third-order valence-corrected chi connectivity index (χ3v) is 6.97. The molecule has 29 heavy (non-hydrogen) atoms. The Hall–Kier alpha value is -3.36. The Morgan fingerprint density at radius 1 is 0.966 bits per heavy atom. The van der Waals surface area contributed by atoms with E-state index in [0.29, 0.717) is 21.7 Å². The lowest BCUT2D eigenvalue weighted by Gasteiger charge is -2.05. The van der Waals surface area contributed by atoms with Crippen LogP contribution in [0.3, 0.4) is 0 Å². The van der Waals surface area contributed by atoms with Crippen LogP contribution in [0.4, 0.5) is 5.69 Å². The zero-order valence-electron chi connectivity index (χ0n) is 15.1. The maximum Gasteiger partial charge on any atom is 0.265 e. The summed E-state index contributed by atoms with van der Waals surface area (Å²) in [5.41, 5.74) is 2.07. The van der Waals surface area contributed by atoms with Crippen LogP contribution in [0.15, 0.2) is 54.6 Å². The van der Waals surface area contributed by atoms with Gasteiger partial charge in [-0.25, -0.2) is 4.98 Å². The van der Waals surface area contributed by atoms with Crippen molar-refractivity contribution in [1.29, 1.82) is 0 Å². The van der Waals surface area contributed by atoms with Crippen molar-refractivity contribution in [2.75, 3.05) is 12.4 Å². The lowest BCUT2D eigenvalue weighted by Crippen LogP contribution is -2.24. The Balaban J connectivity index is 1.39. The van der Waals surface area contributed by atoms with Crippen molar-refractivity contribution in [2.45, 2.75) is 0 Å². The van der Waals surface area contributed by atoms with Gasteiger partial charge in [0.25, 0.3) is 17.7 Å². The summed E-state index contributed by atoms with van der Waals surface area (Å²) in [6.45, 7) is 0. The minimum atomic E-state index is -0.365. The van der Waals surface area contributed by atoms with E-state index in [1.165, 1.54) is 18.4 Å². The SMILES string of the molecule is CN1C(=O)c2ccc(NC(=O)c3ccc(-c4nc5ccccc5s4)s3)cc2C1=O. The number of imide groups is 1. The molecule has 2 aromatic heterocycles. The van der Waals surface area contributed by atoms with E-state index in [2.05, 4.69) is 10.3 Å². The molecule has 1 aliphatic heterocycles. The van der Waals surface area contributed by atoms with Crippen molar-refractivity contribution in [1.82, 2.24) is 9.88 Å². The van der Waals surface area contributed by atoms with Gasteiger partial charge in [-0.1, -0.05) is 12.1 Å². The number of amides is 3. The maximum absolute atomic E-state index is 12.7. The standard InChI is InChI=1S/C21H13N3O3S2/c1-24-20(26)12-7-6-11(10-13(12)21(24)27)22-18(25)16-8-9-17(28-16)19-23-14-4-2-3-5-15(14)29-19/h2-10H,1H3,(H,22,25). The first-order valence-corrected chi connectivity index (χ1v) is 10.4. The monoisotopic (exact) mass is 419 g/mol. The van der Waals surface area contributed by atoms with Gasteiger partial charge in [-0.2, -0.15) is 0 Å². The number of nitrogens with zero attached hydrogens (tertiary/aromatic N) is 2. The van der Waals surface area contributed by atoms with E-state index < -0.39 is 0 Å². The highest BCUT2D eigenvalue weighted by Crippen LogP contribution is 2.34. The number of thiophene rings is 1.